The highest BCUT2D eigenvalue weighted by atomic mass is 15.2. The summed E-state index contributed by atoms with van der Waals surface area (Å²) in [6.45, 7) is 3.29. The van der Waals surface area contributed by atoms with Crippen LogP contribution in [0.3, 0.4) is 0 Å². The normalized spacial score (nSPS) is 21.3. The van der Waals surface area contributed by atoms with Crippen molar-refractivity contribution < 1.29 is 0 Å². The van der Waals surface area contributed by atoms with Crippen molar-refractivity contribution in [3.05, 3.63) is 34.9 Å². The van der Waals surface area contributed by atoms with E-state index in [1.165, 1.54) is 57.2 Å². The maximum atomic E-state index is 5.85. The summed E-state index contributed by atoms with van der Waals surface area (Å²) >= 11 is 0. The molecule has 1 aromatic rings. The Bertz CT molecular complexity index is 421. The Morgan fingerprint density at radius 1 is 1.00 bits per heavy atom. The fourth-order valence-corrected chi connectivity index (χ4v) is 3.73. The first-order chi connectivity index (χ1) is 9.38. The predicted molar refractivity (Wildman–Crippen MR) is 80.3 cm³/mol. The van der Waals surface area contributed by atoms with E-state index in [2.05, 4.69) is 23.1 Å². The Labute approximate surface area is 117 Å². The minimum absolute atomic E-state index is 0.555. The topological polar surface area (TPSA) is 29.3 Å². The van der Waals surface area contributed by atoms with Gasteiger partial charge in [-0.05, 0) is 81.3 Å². The lowest BCUT2D eigenvalue weighted by atomic mass is 9.88. The fourth-order valence-electron chi connectivity index (χ4n) is 3.73. The number of likely N-dealkylation sites (tertiary alicyclic amines) is 1. The molecule has 1 atom stereocenters. The molecule has 2 nitrogen and oxygen atoms in total. The zero-order valence-corrected chi connectivity index (χ0v) is 11.9. The lowest BCUT2D eigenvalue weighted by Gasteiger charge is -2.29. The molecule has 2 heteroatoms. The van der Waals surface area contributed by atoms with Crippen LogP contribution in [0.2, 0.25) is 0 Å². The molecule has 2 N–H and O–H groups in total. The molecule has 3 rings (SSSR count). The molecule has 0 saturated carbocycles. The van der Waals surface area contributed by atoms with Gasteiger partial charge in [0, 0.05) is 6.04 Å². The van der Waals surface area contributed by atoms with Gasteiger partial charge < -0.3 is 5.73 Å². The molecule has 0 spiro atoms. The van der Waals surface area contributed by atoms with Crippen molar-refractivity contribution in [2.45, 2.75) is 51.0 Å². The van der Waals surface area contributed by atoms with E-state index in [-0.39, 0.29) is 0 Å². The quantitative estimate of drug-likeness (QED) is 0.899. The summed E-state index contributed by atoms with van der Waals surface area (Å²) in [7, 11) is 0. The van der Waals surface area contributed by atoms with Crippen LogP contribution < -0.4 is 5.73 Å². The van der Waals surface area contributed by atoms with Crippen LogP contribution >= 0.6 is 0 Å². The number of aryl methyl sites for hydroxylation is 2. The first-order valence-corrected chi connectivity index (χ1v) is 7.94. The van der Waals surface area contributed by atoms with Crippen molar-refractivity contribution in [3.8, 4) is 0 Å². The second-order valence-corrected chi connectivity index (χ2v) is 6.07. The van der Waals surface area contributed by atoms with Crippen LogP contribution in [-0.2, 0) is 12.8 Å². The zero-order valence-electron chi connectivity index (χ0n) is 11.9. The average Bonchev–Trinajstić information content (AvgIpc) is 2.98. The Hall–Kier alpha value is -0.860. The molecule has 0 amide bonds. The van der Waals surface area contributed by atoms with E-state index in [4.69, 9.17) is 5.73 Å². The van der Waals surface area contributed by atoms with E-state index in [0.29, 0.717) is 6.04 Å². The van der Waals surface area contributed by atoms with Gasteiger partial charge in [0.1, 0.15) is 0 Å². The van der Waals surface area contributed by atoms with Gasteiger partial charge >= 0.3 is 0 Å². The highest BCUT2D eigenvalue weighted by Gasteiger charge is 2.23. The minimum atomic E-state index is 0.555. The Balaban J connectivity index is 1.84. The van der Waals surface area contributed by atoms with E-state index in [0.717, 1.165) is 13.0 Å². The van der Waals surface area contributed by atoms with E-state index in [9.17, 15) is 0 Å². The van der Waals surface area contributed by atoms with Crippen LogP contribution in [0.5, 0.6) is 0 Å². The number of nitrogens with zero attached hydrogens (tertiary/aromatic N) is 1. The van der Waals surface area contributed by atoms with Gasteiger partial charge in [-0.15, -0.1) is 0 Å². The molecule has 104 valence electrons. The van der Waals surface area contributed by atoms with Gasteiger partial charge in [-0.3, -0.25) is 4.90 Å². The highest BCUT2D eigenvalue weighted by Crippen LogP contribution is 2.31. The molecule has 19 heavy (non-hydrogen) atoms. The number of fused-ring (bicyclic) bond motifs is 1. The molecule has 2 aliphatic rings. The summed E-state index contributed by atoms with van der Waals surface area (Å²) in [5, 5.41) is 0. The summed E-state index contributed by atoms with van der Waals surface area (Å²) < 4.78 is 0. The maximum absolute atomic E-state index is 5.85. The molecule has 0 bridgehead atoms. The Morgan fingerprint density at radius 3 is 2.47 bits per heavy atom. The fraction of sp³-hybridized carbons (Fsp3) is 0.647. The van der Waals surface area contributed by atoms with Crippen molar-refractivity contribution in [1.29, 1.82) is 0 Å². The summed E-state index contributed by atoms with van der Waals surface area (Å²) in [5.74, 6) is 0. The monoisotopic (exact) mass is 258 g/mol. The van der Waals surface area contributed by atoms with Gasteiger partial charge in [-0.25, -0.2) is 0 Å². The first kappa shape index (κ1) is 13.1. The van der Waals surface area contributed by atoms with E-state index >= 15 is 0 Å². The van der Waals surface area contributed by atoms with Gasteiger partial charge in [0.2, 0.25) is 0 Å². The average molecular weight is 258 g/mol. The molecule has 1 aliphatic carbocycles. The number of benzene rings is 1. The minimum Gasteiger partial charge on any atom is -0.330 e. The first-order valence-electron chi connectivity index (χ1n) is 7.94. The van der Waals surface area contributed by atoms with Crippen molar-refractivity contribution in [2.24, 2.45) is 5.73 Å². The van der Waals surface area contributed by atoms with Gasteiger partial charge in [0.25, 0.3) is 0 Å². The molecule has 0 radical (unpaired) electrons. The van der Waals surface area contributed by atoms with Crippen molar-refractivity contribution in [3.63, 3.8) is 0 Å². The highest BCUT2D eigenvalue weighted by molar-refractivity contribution is 5.35. The number of rotatable bonds is 4. The third kappa shape index (κ3) is 2.85. The van der Waals surface area contributed by atoms with E-state index in [1.807, 2.05) is 0 Å². The van der Waals surface area contributed by atoms with Crippen molar-refractivity contribution in [2.75, 3.05) is 19.6 Å². The molecule has 1 saturated heterocycles. The van der Waals surface area contributed by atoms with E-state index in [1.54, 1.807) is 11.1 Å². The Morgan fingerprint density at radius 2 is 1.74 bits per heavy atom. The molecule has 1 aliphatic heterocycles. The SMILES string of the molecule is NCCC(c1ccc2c(c1)CCCC2)N1CCCC1. The molecular weight excluding hydrogens is 232 g/mol. The van der Waals surface area contributed by atoms with Crippen LogP contribution in [0.1, 0.15) is 54.8 Å². The third-order valence-electron chi connectivity index (χ3n) is 4.78. The van der Waals surface area contributed by atoms with Gasteiger partial charge in [0.15, 0.2) is 0 Å². The van der Waals surface area contributed by atoms with Crippen molar-refractivity contribution >= 4 is 0 Å². The molecule has 1 heterocycles. The second-order valence-electron chi connectivity index (χ2n) is 6.07. The number of hydrogen-bond acceptors (Lipinski definition) is 2. The number of hydrogen-bond donors (Lipinski definition) is 1. The lowest BCUT2D eigenvalue weighted by molar-refractivity contribution is 0.236. The zero-order chi connectivity index (χ0) is 13.1. The molecule has 1 aromatic carbocycles. The lowest BCUT2D eigenvalue weighted by Crippen LogP contribution is -2.27. The maximum Gasteiger partial charge on any atom is 0.0360 e. The summed E-state index contributed by atoms with van der Waals surface area (Å²) in [5.41, 5.74) is 10.5. The van der Waals surface area contributed by atoms with Gasteiger partial charge in [-0.2, -0.15) is 0 Å². The largest absolute Gasteiger partial charge is 0.330 e. The standard InChI is InChI=1S/C17H26N2/c18-10-9-17(19-11-3-4-12-19)16-8-7-14-5-1-2-6-15(14)13-16/h7-8,13,17H,1-6,9-12,18H2. The third-order valence-corrected chi connectivity index (χ3v) is 4.78. The van der Waals surface area contributed by atoms with Gasteiger partial charge in [0.05, 0.1) is 0 Å². The van der Waals surface area contributed by atoms with Gasteiger partial charge in [-0.1, -0.05) is 18.2 Å². The molecule has 1 unspecified atom stereocenters. The second kappa shape index (κ2) is 6.06. The summed E-state index contributed by atoms with van der Waals surface area (Å²) in [4.78, 5) is 2.64. The number of nitrogens with two attached hydrogens (primary N) is 1. The van der Waals surface area contributed by atoms with Crippen LogP contribution in [0.25, 0.3) is 0 Å². The van der Waals surface area contributed by atoms with Crippen molar-refractivity contribution in [1.82, 2.24) is 4.90 Å². The predicted octanol–water partition coefficient (Wildman–Crippen LogP) is 3.05. The Kier molecular flexibility index (Phi) is 4.19. The molecule has 0 aromatic heterocycles. The van der Waals surface area contributed by atoms with Crippen LogP contribution in [0.4, 0.5) is 0 Å². The summed E-state index contributed by atoms with van der Waals surface area (Å²) in [6.07, 6.45) is 9.09. The summed E-state index contributed by atoms with van der Waals surface area (Å²) in [6, 6.07) is 7.78. The van der Waals surface area contributed by atoms with Crippen LogP contribution in [-0.4, -0.2) is 24.5 Å². The molecular formula is C17H26N2. The molecule has 1 fully saturated rings. The van der Waals surface area contributed by atoms with Crippen LogP contribution in [0, 0.1) is 0 Å². The van der Waals surface area contributed by atoms with E-state index < -0.39 is 0 Å². The van der Waals surface area contributed by atoms with Crippen LogP contribution in [0.15, 0.2) is 18.2 Å². The smallest absolute Gasteiger partial charge is 0.0360 e.